The number of rotatable bonds is 2. The molecule has 0 aliphatic heterocycles. The van der Waals surface area contributed by atoms with Crippen molar-refractivity contribution in [1.82, 2.24) is 0 Å². The Balaban J connectivity index is 2.13. The van der Waals surface area contributed by atoms with Crippen LogP contribution in [-0.4, -0.2) is 17.6 Å². The molecule has 19 heavy (non-hydrogen) atoms. The Kier molecular flexibility index (Phi) is 4.01. The molecule has 0 saturated heterocycles. The van der Waals surface area contributed by atoms with Crippen LogP contribution < -0.4 is 5.32 Å². The van der Waals surface area contributed by atoms with Crippen molar-refractivity contribution >= 4 is 11.6 Å². The van der Waals surface area contributed by atoms with Gasteiger partial charge in [-0.1, -0.05) is 17.9 Å². The zero-order chi connectivity index (χ0) is 13.7. The molecule has 1 aromatic heterocycles. The lowest BCUT2D eigenvalue weighted by atomic mass is 10.2. The van der Waals surface area contributed by atoms with Crippen LogP contribution in [0.1, 0.15) is 21.9 Å². The molecule has 4 heteroatoms. The van der Waals surface area contributed by atoms with Crippen molar-refractivity contribution in [1.29, 1.82) is 0 Å². The predicted molar refractivity (Wildman–Crippen MR) is 71.8 cm³/mol. The van der Waals surface area contributed by atoms with Gasteiger partial charge in [-0.05, 0) is 37.3 Å². The molecule has 0 unspecified atom stereocenters. The summed E-state index contributed by atoms with van der Waals surface area (Å²) in [6.07, 6.45) is 0. The van der Waals surface area contributed by atoms with Crippen LogP contribution in [0.15, 0.2) is 40.8 Å². The highest BCUT2D eigenvalue weighted by atomic mass is 16.3. The van der Waals surface area contributed by atoms with E-state index in [1.54, 1.807) is 43.3 Å². The van der Waals surface area contributed by atoms with Gasteiger partial charge in [-0.3, -0.25) is 4.79 Å². The van der Waals surface area contributed by atoms with Gasteiger partial charge in [0.05, 0.1) is 0 Å². The fourth-order valence-corrected chi connectivity index (χ4v) is 1.57. The molecule has 0 radical (unpaired) electrons. The first kappa shape index (κ1) is 12.9. The quantitative estimate of drug-likeness (QED) is 0.808. The highest BCUT2D eigenvalue weighted by molar-refractivity contribution is 6.02. The molecule has 0 fully saturated rings. The summed E-state index contributed by atoms with van der Waals surface area (Å²) < 4.78 is 5.24. The van der Waals surface area contributed by atoms with Crippen molar-refractivity contribution in [3.05, 3.63) is 53.5 Å². The fraction of sp³-hybridized carbons (Fsp3) is 0.133. The Hall–Kier alpha value is -2.51. The smallest absolute Gasteiger partial charge is 0.291 e. The molecule has 0 saturated carbocycles. The Labute approximate surface area is 111 Å². The van der Waals surface area contributed by atoms with Crippen molar-refractivity contribution in [3.8, 4) is 11.8 Å². The largest absolute Gasteiger partial charge is 0.456 e. The minimum Gasteiger partial charge on any atom is -0.456 e. The zero-order valence-electron chi connectivity index (χ0n) is 10.4. The topological polar surface area (TPSA) is 62.5 Å². The second kappa shape index (κ2) is 5.89. The molecule has 0 bridgehead atoms. The minimum atomic E-state index is -0.305. The number of carbonyl (C=O) groups excluding carboxylic acids is 1. The molecule has 2 N–H and O–H groups in total. The monoisotopic (exact) mass is 255 g/mol. The van der Waals surface area contributed by atoms with Crippen molar-refractivity contribution in [2.45, 2.75) is 6.92 Å². The van der Waals surface area contributed by atoms with Crippen molar-refractivity contribution < 1.29 is 14.3 Å². The van der Waals surface area contributed by atoms with E-state index in [9.17, 15) is 4.79 Å². The SMILES string of the molecule is Cc1ccc(C(=O)Nc2cccc(C#CCO)c2)o1. The molecule has 0 spiro atoms. The third-order valence-electron chi connectivity index (χ3n) is 2.40. The lowest BCUT2D eigenvalue weighted by molar-refractivity contribution is 0.0995. The first-order chi connectivity index (χ1) is 9.19. The van der Waals surface area contributed by atoms with Gasteiger partial charge in [0.15, 0.2) is 5.76 Å². The summed E-state index contributed by atoms with van der Waals surface area (Å²) in [6.45, 7) is 1.59. The van der Waals surface area contributed by atoms with Gasteiger partial charge in [-0.15, -0.1) is 0 Å². The molecular weight excluding hydrogens is 242 g/mol. The molecule has 1 aromatic carbocycles. The summed E-state index contributed by atoms with van der Waals surface area (Å²) in [5.41, 5.74) is 1.35. The van der Waals surface area contributed by atoms with E-state index in [1.807, 2.05) is 0 Å². The summed E-state index contributed by atoms with van der Waals surface area (Å²) in [5, 5.41) is 11.4. The Bertz CT molecular complexity index is 647. The molecule has 4 nitrogen and oxygen atoms in total. The number of benzene rings is 1. The molecule has 1 heterocycles. The van der Waals surface area contributed by atoms with Crippen LogP contribution in [0, 0.1) is 18.8 Å². The maximum atomic E-state index is 11.9. The number of carbonyl (C=O) groups is 1. The van der Waals surface area contributed by atoms with Crippen LogP contribution in [0.3, 0.4) is 0 Å². The Morgan fingerprint density at radius 1 is 1.37 bits per heavy atom. The van der Waals surface area contributed by atoms with E-state index in [2.05, 4.69) is 17.2 Å². The molecular formula is C15H13NO3. The maximum absolute atomic E-state index is 11.9. The van der Waals surface area contributed by atoms with Gasteiger partial charge in [0, 0.05) is 11.3 Å². The van der Waals surface area contributed by atoms with E-state index in [0.717, 1.165) is 5.56 Å². The summed E-state index contributed by atoms with van der Waals surface area (Å²) in [4.78, 5) is 11.9. The minimum absolute atomic E-state index is 0.192. The average Bonchev–Trinajstić information content (AvgIpc) is 2.83. The van der Waals surface area contributed by atoms with Gasteiger partial charge in [-0.25, -0.2) is 0 Å². The van der Waals surface area contributed by atoms with Crippen LogP contribution >= 0.6 is 0 Å². The second-order valence-electron chi connectivity index (χ2n) is 3.91. The van der Waals surface area contributed by atoms with E-state index in [1.165, 1.54) is 0 Å². The van der Waals surface area contributed by atoms with Gasteiger partial charge in [0.2, 0.25) is 0 Å². The maximum Gasteiger partial charge on any atom is 0.291 e. The summed E-state index contributed by atoms with van der Waals surface area (Å²) in [7, 11) is 0. The Morgan fingerprint density at radius 2 is 2.21 bits per heavy atom. The lowest BCUT2D eigenvalue weighted by Gasteiger charge is -2.03. The van der Waals surface area contributed by atoms with Crippen LogP contribution in [0.25, 0.3) is 0 Å². The number of furan rings is 1. The van der Waals surface area contributed by atoms with Gasteiger partial charge in [0.1, 0.15) is 12.4 Å². The molecule has 0 aliphatic rings. The molecule has 1 amide bonds. The van der Waals surface area contributed by atoms with E-state index in [0.29, 0.717) is 11.4 Å². The number of aliphatic hydroxyl groups is 1. The Morgan fingerprint density at radius 3 is 2.89 bits per heavy atom. The average molecular weight is 255 g/mol. The van der Waals surface area contributed by atoms with Crippen LogP contribution in [0.2, 0.25) is 0 Å². The number of aryl methyl sites for hydroxylation is 1. The van der Waals surface area contributed by atoms with Gasteiger partial charge < -0.3 is 14.8 Å². The number of hydrogen-bond donors (Lipinski definition) is 2. The van der Waals surface area contributed by atoms with E-state index in [-0.39, 0.29) is 18.3 Å². The van der Waals surface area contributed by atoms with Crippen LogP contribution in [-0.2, 0) is 0 Å². The molecule has 2 aromatic rings. The molecule has 0 aliphatic carbocycles. The third kappa shape index (κ3) is 3.47. The first-order valence-corrected chi connectivity index (χ1v) is 5.76. The lowest BCUT2D eigenvalue weighted by Crippen LogP contribution is -2.10. The number of amides is 1. The predicted octanol–water partition coefficient (Wildman–Crippen LogP) is 2.18. The van der Waals surface area contributed by atoms with Crippen molar-refractivity contribution in [2.24, 2.45) is 0 Å². The summed E-state index contributed by atoms with van der Waals surface area (Å²) in [5.74, 6) is 5.98. The van der Waals surface area contributed by atoms with Crippen molar-refractivity contribution in [2.75, 3.05) is 11.9 Å². The molecule has 96 valence electrons. The van der Waals surface area contributed by atoms with Gasteiger partial charge >= 0.3 is 0 Å². The number of aliphatic hydroxyl groups excluding tert-OH is 1. The normalized spacial score (nSPS) is 9.58. The highest BCUT2D eigenvalue weighted by Gasteiger charge is 2.09. The summed E-state index contributed by atoms with van der Waals surface area (Å²) >= 11 is 0. The first-order valence-electron chi connectivity index (χ1n) is 5.76. The third-order valence-corrected chi connectivity index (χ3v) is 2.40. The van der Waals surface area contributed by atoms with Gasteiger partial charge in [0.25, 0.3) is 5.91 Å². The van der Waals surface area contributed by atoms with Crippen LogP contribution in [0.5, 0.6) is 0 Å². The highest BCUT2D eigenvalue weighted by Crippen LogP contribution is 2.13. The van der Waals surface area contributed by atoms with Crippen LogP contribution in [0.4, 0.5) is 5.69 Å². The number of nitrogens with one attached hydrogen (secondary N) is 1. The summed E-state index contributed by atoms with van der Waals surface area (Å²) in [6, 6.07) is 10.4. The molecule has 0 atom stereocenters. The van der Waals surface area contributed by atoms with Crippen molar-refractivity contribution in [3.63, 3.8) is 0 Å². The number of anilines is 1. The van der Waals surface area contributed by atoms with Gasteiger partial charge in [-0.2, -0.15) is 0 Å². The second-order valence-corrected chi connectivity index (χ2v) is 3.91. The number of hydrogen-bond acceptors (Lipinski definition) is 3. The fourth-order valence-electron chi connectivity index (χ4n) is 1.57. The van der Waals surface area contributed by atoms with E-state index >= 15 is 0 Å². The van der Waals surface area contributed by atoms with E-state index < -0.39 is 0 Å². The van der Waals surface area contributed by atoms with E-state index in [4.69, 9.17) is 9.52 Å². The standard InChI is InChI=1S/C15H13NO3/c1-11-7-8-14(19-11)15(18)16-13-6-2-4-12(10-13)5-3-9-17/h2,4,6-8,10,17H,9H2,1H3,(H,16,18). The zero-order valence-corrected chi connectivity index (χ0v) is 10.4. The molecule has 2 rings (SSSR count).